The van der Waals surface area contributed by atoms with E-state index < -0.39 is 0 Å². The Labute approximate surface area is 94.3 Å². The van der Waals surface area contributed by atoms with Gasteiger partial charge in [0.05, 0.1) is 6.07 Å². The van der Waals surface area contributed by atoms with E-state index in [4.69, 9.17) is 5.26 Å². The van der Waals surface area contributed by atoms with Gasteiger partial charge in [-0.25, -0.2) is 0 Å². The average Bonchev–Trinajstić information content (AvgIpc) is 3.09. The number of rotatable bonds is 3. The Morgan fingerprint density at radius 1 is 1.69 bits per heavy atom. The highest BCUT2D eigenvalue weighted by Gasteiger charge is 2.32. The molecule has 1 unspecified atom stereocenters. The number of nitrogens with zero attached hydrogens (tertiary/aromatic N) is 2. The lowest BCUT2D eigenvalue weighted by Gasteiger charge is -2.10. The van der Waals surface area contributed by atoms with E-state index in [0.29, 0.717) is 11.5 Å². The summed E-state index contributed by atoms with van der Waals surface area (Å²) >= 11 is 0. The molecule has 0 spiro atoms. The molecule has 1 amide bonds. The quantitative estimate of drug-likeness (QED) is 0.829. The first-order valence-corrected chi connectivity index (χ1v) is 5.34. The lowest BCUT2D eigenvalue weighted by Crippen LogP contribution is -2.35. The van der Waals surface area contributed by atoms with Crippen LogP contribution in [-0.2, 0) is 0 Å². The van der Waals surface area contributed by atoms with Gasteiger partial charge >= 0.3 is 0 Å². The summed E-state index contributed by atoms with van der Waals surface area (Å²) in [7, 11) is 0. The van der Waals surface area contributed by atoms with Gasteiger partial charge in [-0.3, -0.25) is 9.78 Å². The first-order chi connectivity index (χ1) is 7.70. The van der Waals surface area contributed by atoms with Crippen LogP contribution >= 0.6 is 0 Å². The van der Waals surface area contributed by atoms with E-state index in [1.165, 1.54) is 0 Å². The first-order valence-electron chi connectivity index (χ1n) is 5.34. The average molecular weight is 215 g/mol. The van der Waals surface area contributed by atoms with Crippen molar-refractivity contribution in [1.82, 2.24) is 10.3 Å². The van der Waals surface area contributed by atoms with E-state index in [2.05, 4.69) is 16.4 Å². The van der Waals surface area contributed by atoms with Crippen molar-refractivity contribution in [3.05, 3.63) is 29.6 Å². The smallest absolute Gasteiger partial charge is 0.252 e. The molecule has 1 atom stereocenters. The maximum atomic E-state index is 11.8. The molecule has 1 fully saturated rings. The molecule has 4 nitrogen and oxygen atoms in total. The number of amides is 1. The Balaban J connectivity index is 2.05. The third-order valence-electron chi connectivity index (χ3n) is 2.68. The molecule has 1 aliphatic carbocycles. The van der Waals surface area contributed by atoms with E-state index >= 15 is 0 Å². The van der Waals surface area contributed by atoms with Gasteiger partial charge in [0, 0.05) is 17.5 Å². The second-order valence-electron chi connectivity index (χ2n) is 4.10. The van der Waals surface area contributed by atoms with Crippen molar-refractivity contribution in [1.29, 1.82) is 5.26 Å². The van der Waals surface area contributed by atoms with E-state index in [-0.39, 0.29) is 11.9 Å². The molecule has 1 aliphatic rings. The third-order valence-corrected chi connectivity index (χ3v) is 2.68. The highest BCUT2D eigenvalue weighted by atomic mass is 16.1. The lowest BCUT2D eigenvalue weighted by atomic mass is 10.1. The van der Waals surface area contributed by atoms with Gasteiger partial charge in [-0.2, -0.15) is 5.26 Å². The molecule has 1 aromatic rings. The van der Waals surface area contributed by atoms with E-state index in [1.807, 2.05) is 6.92 Å². The van der Waals surface area contributed by atoms with Gasteiger partial charge in [0.2, 0.25) is 0 Å². The van der Waals surface area contributed by atoms with Gasteiger partial charge < -0.3 is 5.32 Å². The van der Waals surface area contributed by atoms with Gasteiger partial charge in [0.1, 0.15) is 6.04 Å². The molecule has 2 rings (SSSR count). The summed E-state index contributed by atoms with van der Waals surface area (Å²) in [5.74, 6) is 0.154. The van der Waals surface area contributed by atoms with Gasteiger partial charge in [-0.1, -0.05) is 0 Å². The van der Waals surface area contributed by atoms with Crippen LogP contribution in [-0.4, -0.2) is 16.9 Å². The summed E-state index contributed by atoms with van der Waals surface area (Å²) < 4.78 is 0. The first kappa shape index (κ1) is 10.6. The Kier molecular flexibility index (Phi) is 2.86. The van der Waals surface area contributed by atoms with E-state index in [9.17, 15) is 4.79 Å². The van der Waals surface area contributed by atoms with E-state index in [1.54, 1.807) is 18.3 Å². The van der Waals surface area contributed by atoms with Crippen molar-refractivity contribution >= 4 is 5.91 Å². The van der Waals surface area contributed by atoms with Crippen LogP contribution in [0, 0.1) is 24.2 Å². The zero-order chi connectivity index (χ0) is 11.5. The molecule has 0 radical (unpaired) electrons. The predicted octanol–water partition coefficient (Wildman–Crippen LogP) is 1.42. The highest BCUT2D eigenvalue weighted by Crippen LogP contribution is 2.32. The van der Waals surface area contributed by atoms with Gasteiger partial charge in [0.25, 0.3) is 5.91 Å². The number of aromatic nitrogens is 1. The monoisotopic (exact) mass is 215 g/mol. The number of nitriles is 1. The van der Waals surface area contributed by atoms with Crippen molar-refractivity contribution in [3.8, 4) is 6.07 Å². The second kappa shape index (κ2) is 4.31. The fraction of sp³-hybridized carbons (Fsp3) is 0.417. The summed E-state index contributed by atoms with van der Waals surface area (Å²) in [6.07, 6.45) is 3.67. The van der Waals surface area contributed by atoms with Crippen LogP contribution in [0.4, 0.5) is 0 Å². The fourth-order valence-electron chi connectivity index (χ4n) is 1.60. The van der Waals surface area contributed by atoms with Gasteiger partial charge in [-0.15, -0.1) is 0 Å². The molecular formula is C12H13N3O. The number of aryl methyl sites for hydroxylation is 1. The predicted molar refractivity (Wildman–Crippen MR) is 58.6 cm³/mol. The molecule has 1 N–H and O–H groups in total. The molecule has 0 aliphatic heterocycles. The van der Waals surface area contributed by atoms with Crippen LogP contribution in [0.2, 0.25) is 0 Å². The van der Waals surface area contributed by atoms with Crippen LogP contribution in [0.25, 0.3) is 0 Å². The zero-order valence-corrected chi connectivity index (χ0v) is 9.10. The summed E-state index contributed by atoms with van der Waals surface area (Å²) in [5, 5.41) is 11.7. The van der Waals surface area contributed by atoms with Crippen LogP contribution in [0.15, 0.2) is 18.3 Å². The molecular weight excluding hydrogens is 202 g/mol. The normalized spacial score (nSPS) is 16.2. The minimum absolute atomic E-state index is 0.191. The Morgan fingerprint density at radius 2 is 2.44 bits per heavy atom. The molecule has 82 valence electrons. The van der Waals surface area contributed by atoms with Crippen LogP contribution in [0.1, 0.15) is 28.9 Å². The summed E-state index contributed by atoms with van der Waals surface area (Å²) in [5.41, 5.74) is 1.36. The minimum atomic E-state index is -0.346. The molecule has 1 heterocycles. The zero-order valence-electron chi connectivity index (χ0n) is 9.10. The van der Waals surface area contributed by atoms with Crippen molar-refractivity contribution in [2.45, 2.75) is 25.8 Å². The van der Waals surface area contributed by atoms with Crippen molar-refractivity contribution in [2.75, 3.05) is 0 Å². The molecule has 0 saturated heterocycles. The second-order valence-corrected chi connectivity index (χ2v) is 4.10. The largest absolute Gasteiger partial charge is 0.336 e. The summed E-state index contributed by atoms with van der Waals surface area (Å²) in [4.78, 5) is 15.8. The SMILES string of the molecule is Cc1cc(C(=O)NC(C#N)C2CC2)ccn1. The number of hydrogen-bond acceptors (Lipinski definition) is 3. The molecule has 4 heteroatoms. The Hall–Kier alpha value is -1.89. The molecule has 0 aromatic carbocycles. The van der Waals surface area contributed by atoms with Crippen LogP contribution in [0.3, 0.4) is 0 Å². The number of nitrogens with one attached hydrogen (secondary N) is 1. The topological polar surface area (TPSA) is 65.8 Å². The number of carbonyl (C=O) groups excluding carboxylic acids is 1. The van der Waals surface area contributed by atoms with Crippen LogP contribution < -0.4 is 5.32 Å². The highest BCUT2D eigenvalue weighted by molar-refractivity contribution is 5.94. The Bertz CT molecular complexity index is 446. The van der Waals surface area contributed by atoms with Crippen LogP contribution in [0.5, 0.6) is 0 Å². The maximum Gasteiger partial charge on any atom is 0.252 e. The van der Waals surface area contributed by atoms with Crippen molar-refractivity contribution in [3.63, 3.8) is 0 Å². The Morgan fingerprint density at radius 3 is 3.00 bits per heavy atom. The minimum Gasteiger partial charge on any atom is -0.336 e. The molecule has 1 saturated carbocycles. The van der Waals surface area contributed by atoms with Crippen molar-refractivity contribution in [2.24, 2.45) is 5.92 Å². The number of carbonyl (C=O) groups is 1. The third kappa shape index (κ3) is 2.37. The standard InChI is InChI=1S/C12H13N3O/c1-8-6-10(4-5-14-8)12(16)15-11(7-13)9-2-3-9/h4-6,9,11H,2-3H2,1H3,(H,15,16). The lowest BCUT2D eigenvalue weighted by molar-refractivity contribution is 0.0941. The molecule has 1 aromatic heterocycles. The summed E-state index contributed by atoms with van der Waals surface area (Å²) in [6, 6.07) is 5.16. The van der Waals surface area contributed by atoms with Crippen molar-refractivity contribution < 1.29 is 4.79 Å². The van der Waals surface area contributed by atoms with Gasteiger partial charge in [-0.05, 0) is 37.8 Å². The fourth-order valence-corrected chi connectivity index (χ4v) is 1.60. The molecule has 0 bridgehead atoms. The maximum absolute atomic E-state index is 11.8. The van der Waals surface area contributed by atoms with Gasteiger partial charge in [0.15, 0.2) is 0 Å². The number of hydrogen-bond donors (Lipinski definition) is 1. The van der Waals surface area contributed by atoms with E-state index in [0.717, 1.165) is 18.5 Å². The molecule has 16 heavy (non-hydrogen) atoms. The number of pyridine rings is 1. The summed E-state index contributed by atoms with van der Waals surface area (Å²) in [6.45, 7) is 1.83.